The number of hydrogen-bond donors (Lipinski definition) is 0. The molecule has 0 aromatic heterocycles. The second-order valence-electron chi connectivity index (χ2n) is 6.97. The fraction of sp³-hybridized carbons (Fsp3) is 0.938. The average Bonchev–Trinajstić information content (AvgIpc) is 3.28. The molecule has 10 heteroatoms. The van der Waals surface area contributed by atoms with E-state index in [4.69, 9.17) is 39.4 Å². The highest BCUT2D eigenvalue weighted by Crippen LogP contribution is 2.26. The summed E-state index contributed by atoms with van der Waals surface area (Å²) in [6.07, 6.45) is 3.25. The zero-order valence-electron chi connectivity index (χ0n) is 15.4. The first-order chi connectivity index (χ1) is 12.6. The largest absolute Gasteiger partial charge is 0.382 e. The zero-order valence-corrected chi connectivity index (χ0v) is 15.4. The fourth-order valence-electron chi connectivity index (χ4n) is 3.63. The minimum absolute atomic E-state index is 0.0106. The maximum atomic E-state index is 5.89. The topological polar surface area (TPSA) is 73.9 Å². The van der Waals surface area contributed by atoms with Crippen LogP contribution in [0.3, 0.4) is 0 Å². The second kappa shape index (κ2) is 9.41. The minimum atomic E-state index is -0.290. The van der Waals surface area contributed by atoms with Crippen LogP contribution in [0.1, 0.15) is 12.8 Å². The maximum absolute atomic E-state index is 5.89. The predicted molar refractivity (Wildman–Crippen MR) is 94.9 cm³/mol. The summed E-state index contributed by atoms with van der Waals surface area (Å²) >= 11 is 0. The molecule has 0 aromatic carbocycles. The van der Waals surface area contributed by atoms with Crippen LogP contribution in [0.4, 0.5) is 0 Å². The van der Waals surface area contributed by atoms with Gasteiger partial charge in [0.15, 0.2) is 0 Å². The summed E-state index contributed by atoms with van der Waals surface area (Å²) in [7, 11) is 15.0. The van der Waals surface area contributed by atoms with Gasteiger partial charge in [0, 0.05) is 37.3 Å². The van der Waals surface area contributed by atoms with Gasteiger partial charge < -0.3 is 23.7 Å². The molecule has 3 aliphatic rings. The first-order valence-electron chi connectivity index (χ1n) is 9.03. The van der Waals surface area contributed by atoms with Crippen LogP contribution in [0.5, 0.6) is 0 Å². The van der Waals surface area contributed by atoms with Crippen molar-refractivity contribution in [1.82, 2.24) is 0 Å². The van der Waals surface area contributed by atoms with E-state index in [0.717, 1.165) is 6.42 Å². The van der Waals surface area contributed by atoms with Gasteiger partial charge in [-0.05, 0) is 12.8 Å². The van der Waals surface area contributed by atoms with Gasteiger partial charge in [-0.25, -0.2) is 0 Å². The van der Waals surface area contributed by atoms with Crippen molar-refractivity contribution in [3.63, 3.8) is 0 Å². The molecule has 3 aliphatic heterocycles. The zero-order chi connectivity index (χ0) is 18.5. The molecule has 3 rings (SSSR count). The summed E-state index contributed by atoms with van der Waals surface area (Å²) in [6, 6.07) is -0.643. The summed E-state index contributed by atoms with van der Waals surface area (Å²) in [4.78, 5) is 0. The molecule has 8 nitrogen and oxygen atoms in total. The van der Waals surface area contributed by atoms with Crippen molar-refractivity contribution in [2.45, 2.75) is 49.2 Å². The third kappa shape index (κ3) is 5.13. The summed E-state index contributed by atoms with van der Waals surface area (Å²) in [5, 5.41) is 8.44. The van der Waals surface area contributed by atoms with Crippen LogP contribution in [0.15, 0.2) is 10.3 Å². The number of nitrogens with zero attached hydrogens (tertiary/aromatic N) is 3. The highest BCUT2D eigenvalue weighted by molar-refractivity contribution is 6.11. The van der Waals surface area contributed by atoms with E-state index in [1.807, 2.05) is 10.9 Å². The van der Waals surface area contributed by atoms with Crippen LogP contribution >= 0.6 is 0 Å². The quantitative estimate of drug-likeness (QED) is 0.415. The van der Waals surface area contributed by atoms with E-state index in [1.165, 1.54) is 0 Å². The summed E-state index contributed by atoms with van der Waals surface area (Å²) in [5.74, 6) is 0.260. The van der Waals surface area contributed by atoms with E-state index in [0.29, 0.717) is 32.8 Å². The molecule has 7 atom stereocenters. The number of hydrogen-bond acceptors (Lipinski definition) is 7. The van der Waals surface area contributed by atoms with Crippen LogP contribution in [0.25, 0.3) is 0 Å². The van der Waals surface area contributed by atoms with Crippen molar-refractivity contribution in [2.75, 3.05) is 40.6 Å². The van der Waals surface area contributed by atoms with E-state index in [9.17, 15) is 0 Å². The maximum Gasteiger partial charge on any atom is 0.245 e. The molecule has 0 bridgehead atoms. The van der Waals surface area contributed by atoms with Gasteiger partial charge in [0.05, 0.1) is 25.4 Å². The third-order valence-electron chi connectivity index (χ3n) is 4.92. The van der Waals surface area contributed by atoms with Gasteiger partial charge in [0.1, 0.15) is 46.4 Å². The monoisotopic (exact) mass is 362 g/mol. The van der Waals surface area contributed by atoms with Gasteiger partial charge in [-0.1, -0.05) is 0 Å². The Morgan fingerprint density at radius 3 is 2.62 bits per heavy atom. The Bertz CT molecular complexity index is 524. The first-order valence-corrected chi connectivity index (χ1v) is 9.03. The molecule has 0 aliphatic carbocycles. The molecule has 140 valence electrons. The lowest BCUT2D eigenvalue weighted by molar-refractivity contribution is -0.539. The van der Waals surface area contributed by atoms with Gasteiger partial charge in [0.25, 0.3) is 0 Å². The van der Waals surface area contributed by atoms with Crippen molar-refractivity contribution < 1.29 is 28.4 Å². The van der Waals surface area contributed by atoms with Crippen molar-refractivity contribution in [3.05, 3.63) is 0 Å². The predicted octanol–water partition coefficient (Wildman–Crippen LogP) is -0.320. The Labute approximate surface area is 157 Å². The molecule has 0 amide bonds. The van der Waals surface area contributed by atoms with Crippen LogP contribution in [0, 0.1) is 5.92 Å². The van der Waals surface area contributed by atoms with Crippen LogP contribution in [0.2, 0.25) is 0 Å². The third-order valence-corrected chi connectivity index (χ3v) is 4.92. The second-order valence-corrected chi connectivity index (χ2v) is 6.97. The van der Waals surface area contributed by atoms with Gasteiger partial charge >= 0.3 is 0 Å². The molecule has 2 fully saturated rings. The SMILES string of the molecule is [B][C@H]1CC(C[N+]2=CC(COC[C@H]3O[C@@H]([B])CC3OC)N=N2)[C@@H](COC)O1. The lowest BCUT2D eigenvalue weighted by atomic mass is 9.91. The molecule has 0 saturated carbocycles. The molecule has 4 radical (unpaired) electrons. The Balaban J connectivity index is 1.41. The van der Waals surface area contributed by atoms with E-state index in [-0.39, 0.29) is 42.3 Å². The number of ether oxygens (including phenoxy) is 5. The van der Waals surface area contributed by atoms with Crippen LogP contribution < -0.4 is 0 Å². The van der Waals surface area contributed by atoms with Crippen molar-refractivity contribution in [2.24, 2.45) is 16.3 Å². The molecular formula is C16H26B2N3O5+. The van der Waals surface area contributed by atoms with Crippen molar-refractivity contribution in [1.29, 1.82) is 0 Å². The summed E-state index contributed by atoms with van der Waals surface area (Å²) in [6.45, 7) is 2.09. The Kier molecular flexibility index (Phi) is 7.22. The summed E-state index contributed by atoms with van der Waals surface area (Å²) in [5.41, 5.74) is 0. The molecule has 3 unspecified atom stereocenters. The number of rotatable bonds is 9. The van der Waals surface area contributed by atoms with E-state index in [2.05, 4.69) is 10.3 Å². The van der Waals surface area contributed by atoms with Gasteiger partial charge in [-0.15, -0.1) is 4.68 Å². The van der Waals surface area contributed by atoms with Crippen LogP contribution in [-0.2, 0) is 23.7 Å². The molecule has 26 heavy (non-hydrogen) atoms. The first kappa shape index (κ1) is 19.9. The molecule has 3 heterocycles. The van der Waals surface area contributed by atoms with Crippen molar-refractivity contribution in [3.8, 4) is 0 Å². The summed E-state index contributed by atoms with van der Waals surface area (Å²) < 4.78 is 29.4. The molecular weight excluding hydrogens is 336 g/mol. The minimum Gasteiger partial charge on any atom is -0.382 e. The average molecular weight is 362 g/mol. The Hall–Kier alpha value is -0.800. The lowest BCUT2D eigenvalue weighted by Gasteiger charge is -2.17. The highest BCUT2D eigenvalue weighted by atomic mass is 16.6. The molecule has 2 saturated heterocycles. The normalized spacial score (nSPS) is 39.6. The van der Waals surface area contributed by atoms with E-state index in [1.54, 1.807) is 14.2 Å². The number of methoxy groups -OCH3 is 2. The van der Waals surface area contributed by atoms with Crippen molar-refractivity contribution >= 4 is 21.9 Å². The van der Waals surface area contributed by atoms with E-state index >= 15 is 0 Å². The smallest absolute Gasteiger partial charge is 0.245 e. The van der Waals surface area contributed by atoms with Gasteiger partial charge in [-0.2, -0.15) is 0 Å². The Morgan fingerprint density at radius 2 is 1.85 bits per heavy atom. The molecule has 0 spiro atoms. The molecule has 0 N–H and O–H groups in total. The highest BCUT2D eigenvalue weighted by Gasteiger charge is 2.36. The lowest BCUT2D eigenvalue weighted by Crippen LogP contribution is -2.30. The fourth-order valence-corrected chi connectivity index (χ4v) is 3.63. The standard InChI is InChI=1S/C16H26B2N3O5/c1-22-8-13-10(3-15(17)25-13)5-21-6-11(19-20-21)7-24-9-14-12(23-2)4-16(18)26-14/h6,10-16H,3-5,7-9H2,1-2H3/q+1/t10?,11?,12?,13-,14-,15-,16-/m1/s1. The van der Waals surface area contributed by atoms with Gasteiger partial charge in [-0.3, -0.25) is 0 Å². The van der Waals surface area contributed by atoms with Crippen LogP contribution in [-0.4, -0.2) is 104 Å². The molecule has 0 aromatic rings. The van der Waals surface area contributed by atoms with Gasteiger partial charge in [0.2, 0.25) is 6.04 Å². The van der Waals surface area contributed by atoms with E-state index < -0.39 is 0 Å². The Morgan fingerprint density at radius 1 is 1.08 bits per heavy atom.